The van der Waals surface area contributed by atoms with Gasteiger partial charge in [-0.25, -0.2) is 0 Å². The van der Waals surface area contributed by atoms with Gasteiger partial charge < -0.3 is 15.4 Å². The van der Waals surface area contributed by atoms with Gasteiger partial charge in [0.25, 0.3) is 5.69 Å². The molecule has 6 nitrogen and oxygen atoms in total. The molecule has 0 aliphatic carbocycles. The van der Waals surface area contributed by atoms with Crippen molar-refractivity contribution >= 4 is 34.0 Å². The van der Waals surface area contributed by atoms with Crippen LogP contribution in [-0.4, -0.2) is 37.3 Å². The zero-order valence-corrected chi connectivity index (χ0v) is 11.9. The SMILES string of the molecule is NCC1CN(c2ccc([N+](=O)[O-])c(I)c2)CCO1. The zero-order chi connectivity index (χ0) is 13.1. The summed E-state index contributed by atoms with van der Waals surface area (Å²) in [5.41, 5.74) is 6.71. The third-order valence-electron chi connectivity index (χ3n) is 2.89. The van der Waals surface area contributed by atoms with Gasteiger partial charge >= 0.3 is 0 Å². The Labute approximate surface area is 118 Å². The number of nitro benzene ring substituents is 1. The molecule has 0 amide bonds. The third kappa shape index (κ3) is 2.90. The van der Waals surface area contributed by atoms with E-state index in [4.69, 9.17) is 10.5 Å². The van der Waals surface area contributed by atoms with Crippen LogP contribution in [0.3, 0.4) is 0 Å². The lowest BCUT2D eigenvalue weighted by atomic mass is 10.2. The summed E-state index contributed by atoms with van der Waals surface area (Å²) in [5.74, 6) is 0. The van der Waals surface area contributed by atoms with E-state index >= 15 is 0 Å². The summed E-state index contributed by atoms with van der Waals surface area (Å²) in [6, 6.07) is 5.15. The highest BCUT2D eigenvalue weighted by Gasteiger charge is 2.21. The Morgan fingerprint density at radius 3 is 3.00 bits per heavy atom. The quantitative estimate of drug-likeness (QED) is 0.498. The number of anilines is 1. The fourth-order valence-corrected chi connectivity index (χ4v) is 2.63. The van der Waals surface area contributed by atoms with Crippen LogP contribution in [0.4, 0.5) is 11.4 Å². The Morgan fingerprint density at radius 1 is 1.61 bits per heavy atom. The molecular formula is C11H14IN3O3. The molecule has 1 aliphatic rings. The molecule has 1 atom stereocenters. The van der Waals surface area contributed by atoms with E-state index in [1.807, 2.05) is 28.7 Å². The number of hydrogen-bond donors (Lipinski definition) is 1. The minimum Gasteiger partial charge on any atom is -0.373 e. The average molecular weight is 363 g/mol. The molecule has 1 aromatic carbocycles. The van der Waals surface area contributed by atoms with Crippen molar-refractivity contribution in [3.63, 3.8) is 0 Å². The molecule has 1 saturated heterocycles. The monoisotopic (exact) mass is 363 g/mol. The van der Waals surface area contributed by atoms with Crippen molar-refractivity contribution in [3.8, 4) is 0 Å². The van der Waals surface area contributed by atoms with Crippen LogP contribution in [0.15, 0.2) is 18.2 Å². The van der Waals surface area contributed by atoms with Gasteiger partial charge in [-0.3, -0.25) is 10.1 Å². The van der Waals surface area contributed by atoms with E-state index in [0.717, 1.165) is 18.8 Å². The van der Waals surface area contributed by atoms with Gasteiger partial charge in [0, 0.05) is 31.4 Å². The molecule has 0 aromatic heterocycles. The van der Waals surface area contributed by atoms with E-state index < -0.39 is 0 Å². The molecule has 7 heteroatoms. The maximum absolute atomic E-state index is 10.8. The molecule has 1 aromatic rings. The fourth-order valence-electron chi connectivity index (χ4n) is 1.94. The largest absolute Gasteiger partial charge is 0.373 e. The molecule has 1 unspecified atom stereocenters. The standard InChI is InChI=1S/C11H14IN3O3/c12-10-5-8(1-2-11(10)15(16)17)14-3-4-18-9(6-13)7-14/h1-2,5,9H,3-4,6-7,13H2. The summed E-state index contributed by atoms with van der Waals surface area (Å²) in [7, 11) is 0. The van der Waals surface area contributed by atoms with E-state index in [0.29, 0.717) is 16.7 Å². The molecule has 0 radical (unpaired) electrons. The maximum Gasteiger partial charge on any atom is 0.282 e. The summed E-state index contributed by atoms with van der Waals surface area (Å²) in [6.07, 6.45) is 0.0339. The first-order valence-corrected chi connectivity index (χ1v) is 6.70. The number of halogens is 1. The van der Waals surface area contributed by atoms with Crippen LogP contribution in [0, 0.1) is 13.7 Å². The second-order valence-corrected chi connectivity index (χ2v) is 5.23. The maximum atomic E-state index is 10.8. The predicted octanol–water partition coefficient (Wildman–Crippen LogP) is 1.36. The number of nitrogens with zero attached hydrogens (tertiary/aromatic N) is 2. The van der Waals surface area contributed by atoms with Crippen LogP contribution in [0.25, 0.3) is 0 Å². The number of rotatable bonds is 3. The lowest BCUT2D eigenvalue weighted by Crippen LogP contribution is -2.45. The summed E-state index contributed by atoms with van der Waals surface area (Å²) in [5, 5.41) is 10.8. The van der Waals surface area contributed by atoms with Crippen molar-refractivity contribution in [1.82, 2.24) is 0 Å². The van der Waals surface area contributed by atoms with Crippen molar-refractivity contribution in [2.24, 2.45) is 5.73 Å². The normalized spacial score (nSPS) is 19.9. The minimum atomic E-state index is -0.368. The van der Waals surface area contributed by atoms with E-state index in [9.17, 15) is 10.1 Å². The molecule has 0 bridgehead atoms. The van der Waals surface area contributed by atoms with Crippen molar-refractivity contribution in [1.29, 1.82) is 0 Å². The van der Waals surface area contributed by atoms with E-state index in [2.05, 4.69) is 4.90 Å². The molecule has 1 fully saturated rings. The fraction of sp³-hybridized carbons (Fsp3) is 0.455. The lowest BCUT2D eigenvalue weighted by Gasteiger charge is -2.34. The Bertz CT molecular complexity index is 455. The van der Waals surface area contributed by atoms with Gasteiger partial charge in [0.15, 0.2) is 0 Å². The first-order chi connectivity index (χ1) is 8.61. The molecule has 18 heavy (non-hydrogen) atoms. The first kappa shape index (κ1) is 13.5. The predicted molar refractivity (Wildman–Crippen MR) is 76.8 cm³/mol. The average Bonchev–Trinajstić information content (AvgIpc) is 2.38. The van der Waals surface area contributed by atoms with Crippen LogP contribution >= 0.6 is 22.6 Å². The van der Waals surface area contributed by atoms with Gasteiger partial charge in [-0.1, -0.05) is 0 Å². The van der Waals surface area contributed by atoms with Crippen LogP contribution in [0.5, 0.6) is 0 Å². The molecule has 1 heterocycles. The Hall–Kier alpha value is -0.930. The Kier molecular flexibility index (Phi) is 4.36. The van der Waals surface area contributed by atoms with Crippen LogP contribution in [0.1, 0.15) is 0 Å². The summed E-state index contributed by atoms with van der Waals surface area (Å²) < 4.78 is 6.14. The van der Waals surface area contributed by atoms with Crippen molar-refractivity contribution in [2.75, 3.05) is 31.1 Å². The van der Waals surface area contributed by atoms with Crippen molar-refractivity contribution in [2.45, 2.75) is 6.10 Å². The number of benzene rings is 1. The second-order valence-electron chi connectivity index (χ2n) is 4.07. The second kappa shape index (κ2) is 5.81. The van der Waals surface area contributed by atoms with Gasteiger partial charge in [0.2, 0.25) is 0 Å². The molecule has 0 saturated carbocycles. The summed E-state index contributed by atoms with van der Waals surface area (Å²) in [6.45, 7) is 2.63. The molecule has 2 rings (SSSR count). The number of nitrogens with two attached hydrogens (primary N) is 1. The van der Waals surface area contributed by atoms with Gasteiger partial charge in [-0.05, 0) is 34.7 Å². The van der Waals surface area contributed by atoms with Gasteiger partial charge in [-0.2, -0.15) is 0 Å². The van der Waals surface area contributed by atoms with Crippen LogP contribution < -0.4 is 10.6 Å². The van der Waals surface area contributed by atoms with Crippen molar-refractivity contribution < 1.29 is 9.66 Å². The van der Waals surface area contributed by atoms with Gasteiger partial charge in [0.1, 0.15) is 0 Å². The highest BCUT2D eigenvalue weighted by Crippen LogP contribution is 2.27. The highest BCUT2D eigenvalue weighted by atomic mass is 127. The molecule has 1 aliphatic heterocycles. The van der Waals surface area contributed by atoms with E-state index in [-0.39, 0.29) is 16.7 Å². The molecule has 2 N–H and O–H groups in total. The third-order valence-corrected chi connectivity index (χ3v) is 3.76. The molecular weight excluding hydrogens is 349 g/mol. The number of hydrogen-bond acceptors (Lipinski definition) is 5. The topological polar surface area (TPSA) is 81.6 Å². The van der Waals surface area contributed by atoms with E-state index in [1.54, 1.807) is 12.1 Å². The first-order valence-electron chi connectivity index (χ1n) is 5.62. The molecule has 98 valence electrons. The molecule has 0 spiro atoms. The number of ether oxygens (including phenoxy) is 1. The van der Waals surface area contributed by atoms with Crippen molar-refractivity contribution in [3.05, 3.63) is 31.9 Å². The van der Waals surface area contributed by atoms with Crippen LogP contribution in [-0.2, 0) is 4.74 Å². The minimum absolute atomic E-state index is 0.0339. The smallest absolute Gasteiger partial charge is 0.282 e. The number of nitro groups is 1. The zero-order valence-electron chi connectivity index (χ0n) is 9.71. The summed E-state index contributed by atoms with van der Waals surface area (Å²) >= 11 is 1.99. The lowest BCUT2D eigenvalue weighted by molar-refractivity contribution is -0.385. The summed E-state index contributed by atoms with van der Waals surface area (Å²) in [4.78, 5) is 12.5. The van der Waals surface area contributed by atoms with Gasteiger partial charge in [-0.15, -0.1) is 0 Å². The Morgan fingerprint density at radius 2 is 2.39 bits per heavy atom. The van der Waals surface area contributed by atoms with Gasteiger partial charge in [0.05, 0.1) is 21.2 Å². The highest BCUT2D eigenvalue weighted by molar-refractivity contribution is 14.1. The van der Waals surface area contributed by atoms with Crippen LogP contribution in [0.2, 0.25) is 0 Å². The Balaban J connectivity index is 2.18. The van der Waals surface area contributed by atoms with E-state index in [1.165, 1.54) is 0 Å². The number of morpholine rings is 1.